The molecule has 0 amide bonds. The van der Waals surface area contributed by atoms with Crippen LogP contribution in [0, 0.1) is 6.92 Å². The van der Waals surface area contributed by atoms with Crippen LogP contribution in [0.25, 0.3) is 0 Å². The number of aliphatic hydroxyl groups is 1. The van der Waals surface area contributed by atoms with E-state index < -0.39 is 0 Å². The Labute approximate surface area is 89.0 Å². The molecule has 0 aromatic carbocycles. The van der Waals surface area contributed by atoms with Crippen LogP contribution in [0.15, 0.2) is 0 Å². The number of nitrogens with zero attached hydrogens (tertiary/aromatic N) is 1. The molecule has 1 heterocycles. The van der Waals surface area contributed by atoms with Gasteiger partial charge >= 0.3 is 0 Å². The molecule has 0 bridgehead atoms. The molecule has 1 aliphatic carbocycles. The minimum absolute atomic E-state index is 0.105. The Morgan fingerprint density at radius 2 is 2.21 bits per heavy atom. The molecule has 2 rings (SSSR count). The lowest BCUT2D eigenvalue weighted by Gasteiger charge is -2.08. The molecule has 1 N–H and O–H groups in total. The number of hydrogen-bond donors (Lipinski definition) is 1. The van der Waals surface area contributed by atoms with Crippen molar-refractivity contribution in [1.29, 1.82) is 0 Å². The molecule has 1 aromatic rings. The molecule has 3 heteroatoms. The Hall–Kier alpha value is -0.410. The molecule has 1 saturated carbocycles. The fraction of sp³-hybridized carbons (Fsp3) is 0.727. The van der Waals surface area contributed by atoms with Crippen molar-refractivity contribution in [3.05, 3.63) is 15.6 Å². The van der Waals surface area contributed by atoms with Crippen LogP contribution in [0.1, 0.15) is 41.8 Å². The number of rotatable bonds is 4. The summed E-state index contributed by atoms with van der Waals surface area (Å²) in [5.74, 6) is 0. The maximum absolute atomic E-state index is 9.35. The first kappa shape index (κ1) is 10.1. The van der Waals surface area contributed by atoms with Crippen LogP contribution in [-0.4, -0.2) is 16.7 Å². The second kappa shape index (κ2) is 3.63. The van der Waals surface area contributed by atoms with Crippen LogP contribution < -0.4 is 0 Å². The highest BCUT2D eigenvalue weighted by atomic mass is 32.1. The summed E-state index contributed by atoms with van der Waals surface area (Å²) < 4.78 is 0. The minimum atomic E-state index is 0.105. The lowest BCUT2D eigenvalue weighted by Crippen LogP contribution is -2.11. The average molecular weight is 211 g/mol. The highest BCUT2D eigenvalue weighted by molar-refractivity contribution is 7.12. The van der Waals surface area contributed by atoms with Gasteiger partial charge in [0.1, 0.15) is 0 Å². The summed E-state index contributed by atoms with van der Waals surface area (Å²) in [6, 6.07) is 0. The lowest BCUT2D eigenvalue weighted by atomic mass is 10.1. The van der Waals surface area contributed by atoms with Gasteiger partial charge in [-0.1, -0.05) is 6.92 Å². The monoisotopic (exact) mass is 211 g/mol. The summed E-state index contributed by atoms with van der Waals surface area (Å²) in [5.41, 5.74) is 1.25. The zero-order valence-corrected chi connectivity index (χ0v) is 9.65. The number of hydrogen-bond acceptors (Lipinski definition) is 3. The van der Waals surface area contributed by atoms with E-state index in [0.29, 0.717) is 6.61 Å². The molecule has 1 aromatic heterocycles. The van der Waals surface area contributed by atoms with E-state index in [1.54, 1.807) is 11.3 Å². The number of aromatic nitrogens is 1. The molecule has 0 radical (unpaired) electrons. The van der Waals surface area contributed by atoms with Gasteiger partial charge in [-0.25, -0.2) is 4.98 Å². The van der Waals surface area contributed by atoms with Crippen molar-refractivity contribution in [3.63, 3.8) is 0 Å². The third-order valence-corrected chi connectivity index (χ3v) is 4.41. The fourth-order valence-electron chi connectivity index (χ4n) is 1.87. The van der Waals surface area contributed by atoms with Crippen molar-refractivity contribution in [2.45, 2.75) is 44.9 Å². The first-order valence-electron chi connectivity index (χ1n) is 5.29. The maximum atomic E-state index is 9.35. The first-order valence-corrected chi connectivity index (χ1v) is 6.11. The molecule has 14 heavy (non-hydrogen) atoms. The predicted octanol–water partition coefficient (Wildman–Crippen LogP) is 2.43. The van der Waals surface area contributed by atoms with E-state index in [1.165, 1.54) is 9.88 Å². The number of aryl methyl sites for hydroxylation is 2. The number of aliphatic hydroxyl groups excluding tert-OH is 1. The molecular formula is C11H17NOS. The molecule has 0 aliphatic heterocycles. The van der Waals surface area contributed by atoms with Crippen molar-refractivity contribution in [3.8, 4) is 0 Å². The normalized spacial score (nSPS) is 18.5. The zero-order valence-electron chi connectivity index (χ0n) is 8.84. The molecule has 0 atom stereocenters. The van der Waals surface area contributed by atoms with Gasteiger partial charge in [0.2, 0.25) is 0 Å². The van der Waals surface area contributed by atoms with Gasteiger partial charge < -0.3 is 5.11 Å². The highest BCUT2D eigenvalue weighted by Gasteiger charge is 2.46. The summed E-state index contributed by atoms with van der Waals surface area (Å²) >= 11 is 1.81. The van der Waals surface area contributed by atoms with Crippen LogP contribution in [-0.2, 0) is 11.8 Å². The Morgan fingerprint density at radius 1 is 1.50 bits per heavy atom. The van der Waals surface area contributed by atoms with E-state index in [-0.39, 0.29) is 5.41 Å². The Balaban J connectivity index is 2.25. The topological polar surface area (TPSA) is 33.1 Å². The molecule has 1 fully saturated rings. The molecule has 2 nitrogen and oxygen atoms in total. The van der Waals surface area contributed by atoms with Crippen LogP contribution in [0.4, 0.5) is 0 Å². The van der Waals surface area contributed by atoms with E-state index in [0.717, 1.165) is 31.4 Å². The second-order valence-corrected chi connectivity index (χ2v) is 5.29. The molecule has 1 aliphatic rings. The van der Waals surface area contributed by atoms with Crippen LogP contribution >= 0.6 is 11.3 Å². The van der Waals surface area contributed by atoms with Gasteiger partial charge in [-0.3, -0.25) is 0 Å². The first-order chi connectivity index (χ1) is 6.72. The quantitative estimate of drug-likeness (QED) is 0.829. The van der Waals surface area contributed by atoms with Gasteiger partial charge in [-0.2, -0.15) is 0 Å². The second-order valence-electron chi connectivity index (χ2n) is 4.21. The standard InChI is InChI=1S/C11H17NOS/c1-3-4-9-12-8(2)10(14-9)11(7-13)5-6-11/h13H,3-7H2,1-2H3. The van der Waals surface area contributed by atoms with Gasteiger partial charge in [0.15, 0.2) is 0 Å². The third kappa shape index (κ3) is 1.59. The number of thiazole rings is 1. The molecule has 78 valence electrons. The van der Waals surface area contributed by atoms with Gasteiger partial charge in [-0.15, -0.1) is 11.3 Å². The maximum Gasteiger partial charge on any atom is 0.0931 e. The zero-order chi connectivity index (χ0) is 10.2. The van der Waals surface area contributed by atoms with Crippen molar-refractivity contribution in [2.24, 2.45) is 0 Å². The van der Waals surface area contributed by atoms with Gasteiger partial charge in [0.05, 0.1) is 17.3 Å². The van der Waals surface area contributed by atoms with E-state index in [1.807, 2.05) is 0 Å². The minimum Gasteiger partial charge on any atom is -0.395 e. The van der Waals surface area contributed by atoms with Crippen LogP contribution in [0.5, 0.6) is 0 Å². The van der Waals surface area contributed by atoms with Crippen molar-refractivity contribution in [1.82, 2.24) is 4.98 Å². The summed E-state index contributed by atoms with van der Waals surface area (Å²) in [7, 11) is 0. The van der Waals surface area contributed by atoms with Crippen molar-refractivity contribution >= 4 is 11.3 Å². The van der Waals surface area contributed by atoms with Crippen molar-refractivity contribution < 1.29 is 5.11 Å². The Kier molecular flexibility index (Phi) is 2.62. The highest BCUT2D eigenvalue weighted by Crippen LogP contribution is 2.50. The Morgan fingerprint density at radius 3 is 2.71 bits per heavy atom. The van der Waals surface area contributed by atoms with E-state index in [4.69, 9.17) is 0 Å². The average Bonchev–Trinajstić information content (AvgIpc) is 2.88. The van der Waals surface area contributed by atoms with Crippen LogP contribution in [0.3, 0.4) is 0 Å². The SMILES string of the molecule is CCCc1nc(C)c(C2(CO)CC2)s1. The summed E-state index contributed by atoms with van der Waals surface area (Å²) in [5, 5.41) is 10.6. The molecule has 0 spiro atoms. The van der Waals surface area contributed by atoms with E-state index >= 15 is 0 Å². The van der Waals surface area contributed by atoms with Crippen LogP contribution in [0.2, 0.25) is 0 Å². The molecular weight excluding hydrogens is 194 g/mol. The summed E-state index contributed by atoms with van der Waals surface area (Å²) in [6.07, 6.45) is 4.50. The lowest BCUT2D eigenvalue weighted by molar-refractivity contribution is 0.256. The Bertz CT molecular complexity index is 328. The van der Waals surface area contributed by atoms with E-state index in [9.17, 15) is 5.11 Å². The third-order valence-electron chi connectivity index (χ3n) is 2.94. The molecule has 0 saturated heterocycles. The van der Waals surface area contributed by atoms with Gasteiger partial charge in [-0.05, 0) is 32.6 Å². The van der Waals surface area contributed by atoms with Gasteiger partial charge in [0.25, 0.3) is 0 Å². The predicted molar refractivity (Wildman–Crippen MR) is 58.8 cm³/mol. The largest absolute Gasteiger partial charge is 0.395 e. The summed E-state index contributed by atoms with van der Waals surface area (Å²) in [4.78, 5) is 5.90. The van der Waals surface area contributed by atoms with Crippen molar-refractivity contribution in [2.75, 3.05) is 6.61 Å². The molecule has 0 unspecified atom stereocenters. The fourth-order valence-corrected chi connectivity index (χ4v) is 3.28. The summed E-state index contributed by atoms with van der Waals surface area (Å²) in [6.45, 7) is 4.54. The van der Waals surface area contributed by atoms with Gasteiger partial charge in [0, 0.05) is 10.3 Å². The van der Waals surface area contributed by atoms with E-state index in [2.05, 4.69) is 18.8 Å². The smallest absolute Gasteiger partial charge is 0.0931 e.